The van der Waals surface area contributed by atoms with Gasteiger partial charge >= 0.3 is 6.09 Å². The minimum Gasteiger partial charge on any atom is -0.444 e. The molecule has 1 aromatic heterocycles. The van der Waals surface area contributed by atoms with Crippen LogP contribution in [0.5, 0.6) is 0 Å². The van der Waals surface area contributed by atoms with Crippen molar-refractivity contribution in [3.63, 3.8) is 0 Å². The molecular formula is C22H24N4O3. The van der Waals surface area contributed by atoms with E-state index in [0.717, 1.165) is 11.3 Å². The van der Waals surface area contributed by atoms with Crippen LogP contribution >= 0.6 is 0 Å². The summed E-state index contributed by atoms with van der Waals surface area (Å²) in [4.78, 5) is 24.1. The molecule has 0 bridgehead atoms. The number of anilines is 2. The Kier molecular flexibility index (Phi) is 5.97. The van der Waals surface area contributed by atoms with Crippen molar-refractivity contribution in [2.75, 3.05) is 10.6 Å². The van der Waals surface area contributed by atoms with Gasteiger partial charge in [-0.1, -0.05) is 12.1 Å². The fourth-order valence-electron chi connectivity index (χ4n) is 2.64. The summed E-state index contributed by atoms with van der Waals surface area (Å²) in [5.74, 6) is -0.121. The maximum Gasteiger partial charge on any atom is 0.412 e. The maximum absolute atomic E-state index is 12.3. The fraction of sp³-hybridized carbons (Fsp3) is 0.227. The van der Waals surface area contributed by atoms with Crippen molar-refractivity contribution in [2.45, 2.75) is 32.8 Å². The van der Waals surface area contributed by atoms with Gasteiger partial charge in [0.05, 0.1) is 12.1 Å². The van der Waals surface area contributed by atoms with Crippen LogP contribution in [-0.4, -0.2) is 27.4 Å². The number of carbonyl (C=O) groups excluding carboxylic acids is 2. The molecule has 1 heterocycles. The number of aromatic nitrogens is 2. The average molecular weight is 392 g/mol. The Hall–Kier alpha value is -3.61. The zero-order valence-corrected chi connectivity index (χ0v) is 16.7. The summed E-state index contributed by atoms with van der Waals surface area (Å²) >= 11 is 0. The Morgan fingerprint density at radius 2 is 1.59 bits per heavy atom. The molecule has 2 aromatic carbocycles. The molecule has 3 rings (SSSR count). The quantitative estimate of drug-likeness (QED) is 0.674. The third-order valence-electron chi connectivity index (χ3n) is 3.88. The molecule has 0 fully saturated rings. The van der Waals surface area contributed by atoms with E-state index in [-0.39, 0.29) is 12.3 Å². The van der Waals surface area contributed by atoms with E-state index < -0.39 is 11.7 Å². The van der Waals surface area contributed by atoms with Gasteiger partial charge in [-0.15, -0.1) is 0 Å². The van der Waals surface area contributed by atoms with E-state index in [4.69, 9.17) is 4.74 Å². The first-order valence-corrected chi connectivity index (χ1v) is 9.27. The number of carbonyl (C=O) groups is 2. The lowest BCUT2D eigenvalue weighted by atomic mass is 10.1. The molecule has 2 N–H and O–H groups in total. The van der Waals surface area contributed by atoms with E-state index in [1.54, 1.807) is 55.9 Å². The largest absolute Gasteiger partial charge is 0.444 e. The Balaban J connectivity index is 1.52. The fourth-order valence-corrected chi connectivity index (χ4v) is 2.64. The van der Waals surface area contributed by atoms with Crippen LogP contribution in [0.3, 0.4) is 0 Å². The van der Waals surface area contributed by atoms with Crippen molar-refractivity contribution >= 4 is 23.4 Å². The van der Waals surface area contributed by atoms with Crippen LogP contribution in [-0.2, 0) is 16.0 Å². The zero-order chi connectivity index (χ0) is 20.9. The first-order valence-electron chi connectivity index (χ1n) is 9.27. The van der Waals surface area contributed by atoms with Gasteiger partial charge in [0.25, 0.3) is 0 Å². The summed E-state index contributed by atoms with van der Waals surface area (Å²) in [5.41, 5.74) is 2.52. The first-order chi connectivity index (χ1) is 13.8. The molecule has 0 unspecified atom stereocenters. The van der Waals surface area contributed by atoms with Crippen molar-refractivity contribution in [3.8, 4) is 5.69 Å². The van der Waals surface area contributed by atoms with Gasteiger partial charge in [-0.3, -0.25) is 10.1 Å². The molecule has 0 radical (unpaired) electrons. The van der Waals surface area contributed by atoms with E-state index in [2.05, 4.69) is 15.7 Å². The van der Waals surface area contributed by atoms with E-state index in [1.807, 2.05) is 36.5 Å². The SMILES string of the molecule is CC(C)(C)OC(=O)Nc1ccc(NC(=O)Cc2ccc(-n3cccn3)cc2)cc1. The topological polar surface area (TPSA) is 85.3 Å². The van der Waals surface area contributed by atoms with Crippen LogP contribution in [0, 0.1) is 0 Å². The third kappa shape index (κ3) is 6.21. The van der Waals surface area contributed by atoms with Gasteiger partial charge in [-0.05, 0) is 68.8 Å². The minimum atomic E-state index is -0.561. The van der Waals surface area contributed by atoms with Crippen LogP contribution in [0.1, 0.15) is 26.3 Å². The summed E-state index contributed by atoms with van der Waals surface area (Å²) in [6.07, 6.45) is 3.32. The molecule has 2 amide bonds. The van der Waals surface area contributed by atoms with Gasteiger partial charge in [0, 0.05) is 23.8 Å². The highest BCUT2D eigenvalue weighted by Gasteiger charge is 2.16. The van der Waals surface area contributed by atoms with Crippen LogP contribution in [0.4, 0.5) is 16.2 Å². The molecule has 29 heavy (non-hydrogen) atoms. The number of nitrogens with one attached hydrogen (secondary N) is 2. The van der Waals surface area contributed by atoms with Crippen molar-refractivity contribution in [1.29, 1.82) is 0 Å². The van der Waals surface area contributed by atoms with E-state index in [9.17, 15) is 9.59 Å². The van der Waals surface area contributed by atoms with Crippen LogP contribution in [0.25, 0.3) is 5.69 Å². The molecule has 7 nitrogen and oxygen atoms in total. The summed E-state index contributed by atoms with van der Waals surface area (Å²) in [6, 6.07) is 16.4. The second kappa shape index (κ2) is 8.60. The van der Waals surface area contributed by atoms with Gasteiger partial charge in [-0.25, -0.2) is 9.48 Å². The lowest BCUT2D eigenvalue weighted by Gasteiger charge is -2.19. The number of rotatable bonds is 5. The zero-order valence-electron chi connectivity index (χ0n) is 16.7. The highest BCUT2D eigenvalue weighted by molar-refractivity contribution is 5.93. The van der Waals surface area contributed by atoms with Crippen LogP contribution in [0.2, 0.25) is 0 Å². The van der Waals surface area contributed by atoms with Crippen LogP contribution < -0.4 is 10.6 Å². The number of hydrogen-bond donors (Lipinski definition) is 2. The third-order valence-corrected chi connectivity index (χ3v) is 3.88. The summed E-state index contributed by atoms with van der Waals surface area (Å²) in [5, 5.41) is 9.68. The van der Waals surface area contributed by atoms with E-state index >= 15 is 0 Å². The van der Waals surface area contributed by atoms with Crippen molar-refractivity contribution in [2.24, 2.45) is 0 Å². The monoisotopic (exact) mass is 392 g/mol. The molecule has 0 saturated carbocycles. The average Bonchev–Trinajstić information content (AvgIpc) is 3.17. The first kappa shape index (κ1) is 20.1. The standard InChI is InChI=1S/C22H24N4O3/c1-22(2,3)29-21(28)25-18-9-7-17(8-10-18)24-20(27)15-16-5-11-19(12-6-16)26-14-4-13-23-26/h4-14H,15H2,1-3H3,(H,24,27)(H,25,28). The highest BCUT2D eigenvalue weighted by Crippen LogP contribution is 2.16. The molecule has 0 atom stereocenters. The van der Waals surface area contributed by atoms with E-state index in [1.165, 1.54) is 0 Å². The Morgan fingerprint density at radius 3 is 2.14 bits per heavy atom. The smallest absolute Gasteiger partial charge is 0.412 e. The molecule has 0 aliphatic heterocycles. The Labute approximate surface area is 169 Å². The Morgan fingerprint density at radius 1 is 0.966 bits per heavy atom. The molecular weight excluding hydrogens is 368 g/mol. The second-order valence-electron chi connectivity index (χ2n) is 7.55. The predicted octanol–water partition coefficient (Wildman–Crippen LogP) is 4.40. The predicted molar refractivity (Wildman–Crippen MR) is 112 cm³/mol. The minimum absolute atomic E-state index is 0.121. The maximum atomic E-state index is 12.3. The number of benzene rings is 2. The van der Waals surface area contributed by atoms with Gasteiger partial charge in [-0.2, -0.15) is 5.10 Å². The molecule has 0 saturated heterocycles. The number of nitrogens with zero attached hydrogens (tertiary/aromatic N) is 2. The Bertz CT molecular complexity index is 957. The molecule has 3 aromatic rings. The van der Waals surface area contributed by atoms with E-state index in [0.29, 0.717) is 11.4 Å². The van der Waals surface area contributed by atoms with Gasteiger partial charge in [0.15, 0.2) is 0 Å². The van der Waals surface area contributed by atoms with Crippen molar-refractivity contribution in [3.05, 3.63) is 72.6 Å². The van der Waals surface area contributed by atoms with Gasteiger partial charge in [0.1, 0.15) is 5.60 Å². The van der Waals surface area contributed by atoms with Crippen molar-refractivity contribution < 1.29 is 14.3 Å². The normalized spacial score (nSPS) is 11.0. The highest BCUT2D eigenvalue weighted by atomic mass is 16.6. The summed E-state index contributed by atoms with van der Waals surface area (Å²) < 4.78 is 6.97. The van der Waals surface area contributed by atoms with Gasteiger partial charge in [0.2, 0.25) is 5.91 Å². The molecule has 0 aliphatic rings. The second-order valence-corrected chi connectivity index (χ2v) is 7.55. The molecule has 0 aliphatic carbocycles. The number of hydrogen-bond acceptors (Lipinski definition) is 4. The van der Waals surface area contributed by atoms with Crippen LogP contribution in [0.15, 0.2) is 67.0 Å². The summed E-state index contributed by atoms with van der Waals surface area (Å²) in [7, 11) is 0. The number of ether oxygens (including phenoxy) is 1. The summed E-state index contributed by atoms with van der Waals surface area (Å²) in [6.45, 7) is 5.41. The van der Waals surface area contributed by atoms with Gasteiger partial charge < -0.3 is 10.1 Å². The lowest BCUT2D eigenvalue weighted by molar-refractivity contribution is -0.115. The lowest BCUT2D eigenvalue weighted by Crippen LogP contribution is -2.27. The molecule has 7 heteroatoms. The van der Waals surface area contributed by atoms with Crippen molar-refractivity contribution in [1.82, 2.24) is 9.78 Å². The molecule has 0 spiro atoms. The number of amides is 2. The molecule has 150 valence electrons.